The fourth-order valence-electron chi connectivity index (χ4n) is 8.21. The lowest BCUT2D eigenvalue weighted by atomic mass is 9.97. The first-order valence-electron chi connectivity index (χ1n) is 17.7. The minimum absolute atomic E-state index is 0.697. The van der Waals surface area contributed by atoms with Gasteiger partial charge in [0, 0.05) is 57.4 Å². The van der Waals surface area contributed by atoms with E-state index < -0.39 is 0 Å². The lowest BCUT2D eigenvalue weighted by Crippen LogP contribution is -2.10. The second-order valence-corrected chi connectivity index (χ2v) is 15.7. The van der Waals surface area contributed by atoms with Gasteiger partial charge in [-0.2, -0.15) is 0 Å². The third-order valence-corrected chi connectivity index (χ3v) is 12.9. The molecule has 0 radical (unpaired) electrons. The van der Waals surface area contributed by atoms with Gasteiger partial charge in [0.25, 0.3) is 0 Å². The molecule has 0 aliphatic heterocycles. The van der Waals surface area contributed by atoms with Crippen molar-refractivity contribution in [1.82, 2.24) is 0 Å². The first kappa shape index (κ1) is 29.7. The number of rotatable bonds is 6. The predicted molar refractivity (Wildman–Crippen MR) is 219 cm³/mol. The normalized spacial score (nSPS) is 13.6. The van der Waals surface area contributed by atoms with E-state index in [0.29, 0.717) is 5.92 Å². The van der Waals surface area contributed by atoms with Gasteiger partial charge in [0.05, 0.1) is 0 Å². The number of fused-ring (bicyclic) bond motifs is 6. The number of anilines is 3. The van der Waals surface area contributed by atoms with E-state index >= 15 is 0 Å². The topological polar surface area (TPSA) is 3.24 Å². The predicted octanol–water partition coefficient (Wildman–Crippen LogP) is 14.9. The highest BCUT2D eigenvalue weighted by Crippen LogP contribution is 2.44. The molecule has 0 bridgehead atoms. The van der Waals surface area contributed by atoms with Gasteiger partial charge in [0.2, 0.25) is 0 Å². The minimum atomic E-state index is 0.697. The summed E-state index contributed by atoms with van der Waals surface area (Å²) in [4.78, 5) is 2.41. The molecule has 0 N–H and O–H groups in total. The molecule has 240 valence electrons. The van der Waals surface area contributed by atoms with Gasteiger partial charge in [-0.3, -0.25) is 0 Å². The number of hydrogen-bond acceptors (Lipinski definition) is 3. The van der Waals surface area contributed by atoms with Crippen LogP contribution < -0.4 is 4.90 Å². The van der Waals surface area contributed by atoms with Crippen molar-refractivity contribution in [2.75, 3.05) is 4.90 Å². The zero-order valence-electron chi connectivity index (χ0n) is 27.7. The zero-order valence-corrected chi connectivity index (χ0v) is 29.3. The standard InChI is InChI=1S/C47H35NS2/c1-2-10-31(9-1)32-19-25-35(26-20-32)48(36-27-21-33(22-28-36)38-13-7-17-44-46(38)40-11-3-5-15-42(40)49-44)37-29-23-34(24-30-37)39-14-8-18-45-47(39)41-12-4-6-16-43(41)50-45/h3-8,11-31H,1-2,9-10H2. The summed E-state index contributed by atoms with van der Waals surface area (Å²) in [5, 5.41) is 5.37. The highest BCUT2D eigenvalue weighted by atomic mass is 32.1. The van der Waals surface area contributed by atoms with Gasteiger partial charge in [-0.15, -0.1) is 22.7 Å². The maximum Gasteiger partial charge on any atom is 0.0462 e. The lowest BCUT2D eigenvalue weighted by molar-refractivity contribution is 0.723. The summed E-state index contributed by atoms with van der Waals surface area (Å²) in [5.74, 6) is 0.697. The smallest absolute Gasteiger partial charge is 0.0462 e. The second-order valence-electron chi connectivity index (χ2n) is 13.6. The monoisotopic (exact) mass is 677 g/mol. The molecule has 2 aromatic heterocycles. The molecule has 1 nitrogen and oxygen atoms in total. The van der Waals surface area contributed by atoms with E-state index in [1.54, 1.807) is 0 Å². The summed E-state index contributed by atoms with van der Waals surface area (Å²) in [6.07, 6.45) is 5.32. The van der Waals surface area contributed by atoms with Gasteiger partial charge >= 0.3 is 0 Å². The van der Waals surface area contributed by atoms with Gasteiger partial charge in [-0.25, -0.2) is 0 Å². The van der Waals surface area contributed by atoms with Crippen LogP contribution in [0.15, 0.2) is 158 Å². The summed E-state index contributed by atoms with van der Waals surface area (Å²) >= 11 is 3.75. The van der Waals surface area contributed by atoms with E-state index in [2.05, 4.69) is 163 Å². The van der Waals surface area contributed by atoms with Crippen LogP contribution in [0, 0.1) is 0 Å². The maximum absolute atomic E-state index is 2.41. The molecular weight excluding hydrogens is 643 g/mol. The van der Waals surface area contributed by atoms with Gasteiger partial charge in [0.1, 0.15) is 0 Å². The van der Waals surface area contributed by atoms with Crippen LogP contribution in [0.4, 0.5) is 17.1 Å². The molecule has 0 saturated heterocycles. The third kappa shape index (κ3) is 5.04. The third-order valence-electron chi connectivity index (χ3n) is 10.7. The van der Waals surface area contributed by atoms with Crippen LogP contribution in [0.5, 0.6) is 0 Å². The van der Waals surface area contributed by atoms with Crippen molar-refractivity contribution in [3.8, 4) is 22.3 Å². The minimum Gasteiger partial charge on any atom is -0.311 e. The highest BCUT2D eigenvalue weighted by Gasteiger charge is 2.19. The Morgan fingerprint density at radius 1 is 0.400 bits per heavy atom. The average molecular weight is 678 g/mol. The highest BCUT2D eigenvalue weighted by molar-refractivity contribution is 7.26. The van der Waals surface area contributed by atoms with Crippen molar-refractivity contribution in [2.24, 2.45) is 0 Å². The van der Waals surface area contributed by atoms with E-state index in [1.807, 2.05) is 22.7 Å². The molecule has 0 unspecified atom stereocenters. The molecule has 0 amide bonds. The van der Waals surface area contributed by atoms with Crippen LogP contribution in [-0.2, 0) is 0 Å². The Bertz CT molecular complexity index is 2480. The molecule has 3 heteroatoms. The fourth-order valence-corrected chi connectivity index (χ4v) is 10.5. The summed E-state index contributed by atoms with van der Waals surface area (Å²) in [7, 11) is 0. The van der Waals surface area contributed by atoms with Crippen LogP contribution in [0.3, 0.4) is 0 Å². The van der Waals surface area contributed by atoms with Crippen molar-refractivity contribution < 1.29 is 0 Å². The van der Waals surface area contributed by atoms with Crippen LogP contribution in [0.25, 0.3) is 62.6 Å². The van der Waals surface area contributed by atoms with E-state index in [1.165, 1.54) is 99.5 Å². The summed E-state index contributed by atoms with van der Waals surface area (Å²) in [5.41, 5.74) is 10.0. The molecule has 50 heavy (non-hydrogen) atoms. The Balaban J connectivity index is 1.06. The molecule has 10 rings (SSSR count). The molecule has 1 aliphatic carbocycles. The maximum atomic E-state index is 2.41. The SMILES string of the molecule is c1ccc2c(c1)sc1cccc(-c3ccc(N(c4ccc(-c5cccc6sc7ccccc7c56)cc4)c4ccc(C5CCCC5)cc4)cc3)c12. The van der Waals surface area contributed by atoms with Crippen molar-refractivity contribution in [2.45, 2.75) is 31.6 Å². The quantitative estimate of drug-likeness (QED) is 0.169. The molecule has 1 fully saturated rings. The van der Waals surface area contributed by atoms with Crippen LogP contribution in [-0.4, -0.2) is 0 Å². The molecule has 2 heterocycles. The van der Waals surface area contributed by atoms with Crippen molar-refractivity contribution >= 4 is 80.1 Å². The summed E-state index contributed by atoms with van der Waals surface area (Å²) in [6, 6.07) is 58.7. The molecule has 0 spiro atoms. The number of nitrogens with zero attached hydrogens (tertiary/aromatic N) is 1. The van der Waals surface area contributed by atoms with E-state index in [4.69, 9.17) is 0 Å². The lowest BCUT2D eigenvalue weighted by Gasteiger charge is -2.26. The Hall–Kier alpha value is -5.22. The van der Waals surface area contributed by atoms with Gasteiger partial charge < -0.3 is 4.90 Å². The Kier molecular flexibility index (Phi) is 7.29. The largest absolute Gasteiger partial charge is 0.311 e. The van der Waals surface area contributed by atoms with Crippen molar-refractivity contribution in [3.63, 3.8) is 0 Å². The molecule has 0 atom stereocenters. The average Bonchev–Trinajstić information content (AvgIpc) is 3.94. The van der Waals surface area contributed by atoms with Crippen molar-refractivity contribution in [3.05, 3.63) is 163 Å². The fraction of sp³-hybridized carbons (Fsp3) is 0.106. The zero-order chi connectivity index (χ0) is 33.0. The molecule has 7 aromatic carbocycles. The molecular formula is C47H35NS2. The second kappa shape index (κ2) is 12.3. The van der Waals surface area contributed by atoms with Crippen LogP contribution >= 0.6 is 22.7 Å². The number of hydrogen-bond donors (Lipinski definition) is 0. The first-order valence-corrected chi connectivity index (χ1v) is 19.3. The summed E-state index contributed by atoms with van der Waals surface area (Å²) < 4.78 is 5.35. The van der Waals surface area contributed by atoms with Crippen LogP contribution in [0.2, 0.25) is 0 Å². The summed E-state index contributed by atoms with van der Waals surface area (Å²) in [6.45, 7) is 0. The van der Waals surface area contributed by atoms with Gasteiger partial charge in [0.15, 0.2) is 0 Å². The van der Waals surface area contributed by atoms with E-state index in [-0.39, 0.29) is 0 Å². The number of thiophene rings is 2. The van der Waals surface area contributed by atoms with Gasteiger partial charge in [-0.1, -0.05) is 110 Å². The van der Waals surface area contributed by atoms with Crippen LogP contribution in [0.1, 0.15) is 37.2 Å². The van der Waals surface area contributed by atoms with Crippen molar-refractivity contribution in [1.29, 1.82) is 0 Å². The first-order chi connectivity index (χ1) is 24.8. The Morgan fingerprint density at radius 2 is 0.820 bits per heavy atom. The molecule has 9 aromatic rings. The Morgan fingerprint density at radius 3 is 1.30 bits per heavy atom. The number of benzene rings is 7. The van der Waals surface area contributed by atoms with Gasteiger partial charge in [-0.05, 0) is 107 Å². The molecule has 1 saturated carbocycles. The van der Waals surface area contributed by atoms with E-state index in [9.17, 15) is 0 Å². The Labute approximate surface area is 300 Å². The van der Waals surface area contributed by atoms with E-state index in [0.717, 1.165) is 11.4 Å². The molecule has 1 aliphatic rings.